The zero-order valence-corrected chi connectivity index (χ0v) is 10.7. The summed E-state index contributed by atoms with van der Waals surface area (Å²) in [6.07, 6.45) is 4.57. The predicted molar refractivity (Wildman–Crippen MR) is 66.2 cm³/mol. The van der Waals surface area contributed by atoms with E-state index in [2.05, 4.69) is 17.6 Å². The Bertz CT molecular complexity index is 288. The smallest absolute Gasteiger partial charge is 0.328 e. The number of hydrogen-bond acceptors (Lipinski definition) is 3. The number of aliphatic hydroxyl groups is 1. The van der Waals surface area contributed by atoms with Gasteiger partial charge in [-0.1, -0.05) is 19.8 Å². The number of hydrogen-bond donors (Lipinski definition) is 4. The SMILES string of the molecule is CC1CCC(CNC(=O)N[C@@H](CO)C(=O)O)CC1. The van der Waals surface area contributed by atoms with E-state index in [1.54, 1.807) is 0 Å². The number of aliphatic carboxylic acids is 1. The Balaban J connectivity index is 2.22. The van der Waals surface area contributed by atoms with Crippen molar-refractivity contribution in [3.05, 3.63) is 0 Å². The zero-order valence-electron chi connectivity index (χ0n) is 10.7. The van der Waals surface area contributed by atoms with E-state index in [0.29, 0.717) is 12.5 Å². The molecule has 1 aliphatic carbocycles. The molecule has 0 aliphatic heterocycles. The molecule has 0 unspecified atom stereocenters. The minimum atomic E-state index is -1.24. The number of rotatable bonds is 5. The average molecular weight is 258 g/mol. The van der Waals surface area contributed by atoms with Crippen LogP contribution in [0.4, 0.5) is 4.79 Å². The van der Waals surface area contributed by atoms with Gasteiger partial charge in [0.25, 0.3) is 0 Å². The highest BCUT2D eigenvalue weighted by atomic mass is 16.4. The van der Waals surface area contributed by atoms with Crippen LogP contribution in [-0.2, 0) is 4.79 Å². The van der Waals surface area contributed by atoms with Gasteiger partial charge >= 0.3 is 12.0 Å². The molecule has 0 bridgehead atoms. The summed E-state index contributed by atoms with van der Waals surface area (Å²) in [5.74, 6) is 0.00403. The van der Waals surface area contributed by atoms with Gasteiger partial charge in [0.1, 0.15) is 0 Å². The molecule has 0 saturated heterocycles. The van der Waals surface area contributed by atoms with Gasteiger partial charge in [-0.3, -0.25) is 0 Å². The molecular formula is C12H22N2O4. The zero-order chi connectivity index (χ0) is 13.5. The molecule has 18 heavy (non-hydrogen) atoms. The van der Waals surface area contributed by atoms with E-state index in [4.69, 9.17) is 10.2 Å². The van der Waals surface area contributed by atoms with Crippen LogP contribution in [0.1, 0.15) is 32.6 Å². The van der Waals surface area contributed by atoms with E-state index in [1.807, 2.05) is 0 Å². The maximum absolute atomic E-state index is 11.4. The van der Waals surface area contributed by atoms with Gasteiger partial charge in [-0.05, 0) is 24.7 Å². The van der Waals surface area contributed by atoms with Crippen molar-refractivity contribution < 1.29 is 19.8 Å². The fourth-order valence-corrected chi connectivity index (χ4v) is 2.17. The molecule has 0 spiro atoms. The number of nitrogens with one attached hydrogen (secondary N) is 2. The summed E-state index contributed by atoms with van der Waals surface area (Å²) in [6.45, 7) is 2.19. The second kappa shape index (κ2) is 7.20. The quantitative estimate of drug-likeness (QED) is 0.579. The Morgan fingerprint density at radius 3 is 2.39 bits per heavy atom. The third kappa shape index (κ3) is 4.91. The fraction of sp³-hybridized carbons (Fsp3) is 0.833. The molecule has 0 radical (unpaired) electrons. The second-order valence-corrected chi connectivity index (χ2v) is 5.05. The predicted octanol–water partition coefficient (Wildman–Crippen LogP) is 0.557. The fourth-order valence-electron chi connectivity index (χ4n) is 2.17. The number of carbonyl (C=O) groups is 2. The van der Waals surface area contributed by atoms with Crippen molar-refractivity contribution in [2.75, 3.05) is 13.2 Å². The summed E-state index contributed by atoms with van der Waals surface area (Å²) in [6, 6.07) is -1.77. The van der Waals surface area contributed by atoms with Crippen LogP contribution in [0, 0.1) is 11.8 Å². The van der Waals surface area contributed by atoms with Crippen molar-refractivity contribution in [1.29, 1.82) is 0 Å². The monoisotopic (exact) mass is 258 g/mol. The lowest BCUT2D eigenvalue weighted by molar-refractivity contribution is -0.140. The van der Waals surface area contributed by atoms with Crippen LogP contribution in [0.25, 0.3) is 0 Å². The van der Waals surface area contributed by atoms with Crippen LogP contribution in [0.2, 0.25) is 0 Å². The van der Waals surface area contributed by atoms with Gasteiger partial charge in [0.15, 0.2) is 6.04 Å². The normalized spacial score (nSPS) is 25.2. The molecule has 1 saturated carbocycles. The Hall–Kier alpha value is -1.30. The standard InChI is InChI=1S/C12H22N2O4/c1-8-2-4-9(5-3-8)6-13-12(18)14-10(7-15)11(16)17/h8-10,15H,2-7H2,1H3,(H,16,17)(H2,13,14,18)/t8?,9?,10-/m0/s1. The molecule has 2 amide bonds. The number of aliphatic hydroxyl groups excluding tert-OH is 1. The number of carboxylic acids is 1. The Kier molecular flexibility index (Phi) is 5.91. The average Bonchev–Trinajstić information content (AvgIpc) is 2.35. The van der Waals surface area contributed by atoms with E-state index >= 15 is 0 Å². The minimum Gasteiger partial charge on any atom is -0.480 e. The summed E-state index contributed by atoms with van der Waals surface area (Å²) < 4.78 is 0. The molecule has 0 aromatic rings. The van der Waals surface area contributed by atoms with E-state index < -0.39 is 24.6 Å². The highest BCUT2D eigenvalue weighted by Gasteiger charge is 2.21. The Labute approximate surface area is 107 Å². The minimum absolute atomic E-state index is 0.476. The van der Waals surface area contributed by atoms with Gasteiger partial charge in [0, 0.05) is 6.54 Å². The molecule has 6 heteroatoms. The molecule has 0 aromatic carbocycles. The first kappa shape index (κ1) is 14.8. The van der Waals surface area contributed by atoms with Gasteiger partial charge in [-0.2, -0.15) is 0 Å². The van der Waals surface area contributed by atoms with Crippen LogP contribution in [0.3, 0.4) is 0 Å². The summed E-state index contributed by atoms with van der Waals surface area (Å²) in [5.41, 5.74) is 0. The topological polar surface area (TPSA) is 98.7 Å². The highest BCUT2D eigenvalue weighted by molar-refractivity contribution is 5.82. The van der Waals surface area contributed by atoms with Crippen molar-refractivity contribution in [2.45, 2.75) is 38.6 Å². The van der Waals surface area contributed by atoms with Crippen molar-refractivity contribution in [2.24, 2.45) is 11.8 Å². The van der Waals surface area contributed by atoms with Crippen molar-refractivity contribution in [1.82, 2.24) is 10.6 Å². The molecule has 104 valence electrons. The van der Waals surface area contributed by atoms with E-state index in [9.17, 15) is 9.59 Å². The second-order valence-electron chi connectivity index (χ2n) is 5.05. The number of urea groups is 1. The highest BCUT2D eigenvalue weighted by Crippen LogP contribution is 2.27. The third-order valence-electron chi connectivity index (χ3n) is 3.47. The van der Waals surface area contributed by atoms with Crippen molar-refractivity contribution in [3.8, 4) is 0 Å². The van der Waals surface area contributed by atoms with E-state index in [0.717, 1.165) is 18.8 Å². The Morgan fingerprint density at radius 1 is 1.28 bits per heavy atom. The molecule has 0 heterocycles. The lowest BCUT2D eigenvalue weighted by Gasteiger charge is -2.26. The maximum Gasteiger partial charge on any atom is 0.328 e. The van der Waals surface area contributed by atoms with Gasteiger partial charge < -0.3 is 20.8 Å². The summed E-state index contributed by atoms with van der Waals surface area (Å²) in [4.78, 5) is 22.0. The van der Waals surface area contributed by atoms with Gasteiger partial charge in [-0.15, -0.1) is 0 Å². The van der Waals surface area contributed by atoms with Crippen LogP contribution in [0.15, 0.2) is 0 Å². The van der Waals surface area contributed by atoms with Crippen LogP contribution in [0.5, 0.6) is 0 Å². The first-order valence-electron chi connectivity index (χ1n) is 6.41. The molecule has 1 rings (SSSR count). The lowest BCUT2D eigenvalue weighted by Crippen LogP contribution is -2.48. The maximum atomic E-state index is 11.4. The van der Waals surface area contributed by atoms with Crippen LogP contribution >= 0.6 is 0 Å². The first-order chi connectivity index (χ1) is 8.52. The molecule has 1 aliphatic rings. The van der Waals surface area contributed by atoms with Crippen molar-refractivity contribution in [3.63, 3.8) is 0 Å². The molecule has 4 N–H and O–H groups in total. The van der Waals surface area contributed by atoms with Crippen LogP contribution < -0.4 is 10.6 Å². The molecule has 1 fully saturated rings. The summed E-state index contributed by atoms with van der Waals surface area (Å²) in [5, 5.41) is 22.3. The third-order valence-corrected chi connectivity index (χ3v) is 3.47. The summed E-state index contributed by atoms with van der Waals surface area (Å²) >= 11 is 0. The number of amides is 2. The van der Waals surface area contributed by atoms with Gasteiger partial charge in [0.05, 0.1) is 6.61 Å². The Morgan fingerprint density at radius 2 is 1.89 bits per heavy atom. The largest absolute Gasteiger partial charge is 0.480 e. The van der Waals surface area contributed by atoms with E-state index in [1.165, 1.54) is 12.8 Å². The van der Waals surface area contributed by atoms with Gasteiger partial charge in [0.2, 0.25) is 0 Å². The molecule has 1 atom stereocenters. The number of carbonyl (C=O) groups excluding carboxylic acids is 1. The molecule has 6 nitrogen and oxygen atoms in total. The summed E-state index contributed by atoms with van der Waals surface area (Å²) in [7, 11) is 0. The van der Waals surface area contributed by atoms with Gasteiger partial charge in [-0.25, -0.2) is 9.59 Å². The van der Waals surface area contributed by atoms with Crippen LogP contribution in [-0.4, -0.2) is 41.4 Å². The first-order valence-corrected chi connectivity index (χ1v) is 6.41. The molecule has 0 aromatic heterocycles. The van der Waals surface area contributed by atoms with E-state index in [-0.39, 0.29) is 0 Å². The lowest BCUT2D eigenvalue weighted by atomic mass is 9.83. The number of carboxylic acid groups (broad SMARTS) is 1. The molecular weight excluding hydrogens is 236 g/mol. The van der Waals surface area contributed by atoms with Crippen molar-refractivity contribution >= 4 is 12.0 Å².